The molecule has 1 aliphatic rings. The minimum Gasteiger partial charge on any atom is -0.352 e. The molecule has 0 spiro atoms. The summed E-state index contributed by atoms with van der Waals surface area (Å²) in [4.78, 5) is 24.3. The number of amides is 3. The lowest BCUT2D eigenvalue weighted by Gasteiger charge is -2.22. The Labute approximate surface area is 183 Å². The summed E-state index contributed by atoms with van der Waals surface area (Å²) in [6.45, 7) is 2.36. The molecule has 0 radical (unpaired) electrons. The molecule has 1 fully saturated rings. The average Bonchev–Trinajstić information content (AvgIpc) is 2.74. The van der Waals surface area contributed by atoms with Crippen LogP contribution in [0, 0.1) is 6.92 Å². The molecule has 1 saturated carbocycles. The van der Waals surface area contributed by atoms with Crippen molar-refractivity contribution in [1.82, 2.24) is 15.4 Å². The van der Waals surface area contributed by atoms with Crippen molar-refractivity contribution in [2.24, 2.45) is 0 Å². The van der Waals surface area contributed by atoms with E-state index in [2.05, 4.69) is 15.4 Å². The van der Waals surface area contributed by atoms with Gasteiger partial charge < -0.3 is 10.6 Å². The van der Waals surface area contributed by atoms with E-state index in [1.54, 1.807) is 18.2 Å². The second-order valence-electron chi connectivity index (χ2n) is 7.93. The van der Waals surface area contributed by atoms with Crippen molar-refractivity contribution >= 4 is 22.0 Å². The Kier molecular flexibility index (Phi) is 7.68. The zero-order valence-corrected chi connectivity index (χ0v) is 18.5. The zero-order valence-electron chi connectivity index (χ0n) is 17.7. The fourth-order valence-electron chi connectivity index (χ4n) is 3.69. The first-order valence-electron chi connectivity index (χ1n) is 10.6. The van der Waals surface area contributed by atoms with Gasteiger partial charge in [-0.1, -0.05) is 49.1 Å². The maximum absolute atomic E-state index is 12.5. The van der Waals surface area contributed by atoms with E-state index >= 15 is 0 Å². The van der Waals surface area contributed by atoms with Crippen LogP contribution in [0.2, 0.25) is 0 Å². The van der Waals surface area contributed by atoms with Crippen molar-refractivity contribution in [2.45, 2.75) is 56.4 Å². The number of carbonyl (C=O) groups is 2. The number of benzene rings is 2. The Morgan fingerprint density at radius 2 is 1.71 bits per heavy atom. The van der Waals surface area contributed by atoms with Gasteiger partial charge in [-0.25, -0.2) is 17.9 Å². The third kappa shape index (κ3) is 6.82. The molecule has 3 rings (SSSR count). The molecule has 0 atom stereocenters. The van der Waals surface area contributed by atoms with Crippen LogP contribution in [-0.4, -0.2) is 32.9 Å². The molecule has 166 valence electrons. The average molecular weight is 444 g/mol. The maximum Gasteiger partial charge on any atom is 0.328 e. The molecule has 3 amide bonds. The van der Waals surface area contributed by atoms with Crippen molar-refractivity contribution in [3.63, 3.8) is 0 Å². The fourth-order valence-corrected chi connectivity index (χ4v) is 4.60. The van der Waals surface area contributed by atoms with Crippen molar-refractivity contribution in [1.29, 1.82) is 0 Å². The maximum atomic E-state index is 12.5. The molecule has 2 aromatic rings. The predicted octanol–water partition coefficient (Wildman–Crippen LogP) is 3.29. The zero-order chi connectivity index (χ0) is 22.3. The highest BCUT2D eigenvalue weighted by atomic mass is 32.2. The molecule has 0 aromatic heterocycles. The van der Waals surface area contributed by atoms with Gasteiger partial charge in [0.05, 0.1) is 4.90 Å². The number of sulfonamides is 1. The highest BCUT2D eigenvalue weighted by Crippen LogP contribution is 2.17. The Morgan fingerprint density at radius 3 is 2.39 bits per heavy atom. The van der Waals surface area contributed by atoms with Gasteiger partial charge in [0.2, 0.25) is 0 Å². The Balaban J connectivity index is 1.49. The molecule has 7 nitrogen and oxygen atoms in total. The van der Waals surface area contributed by atoms with Gasteiger partial charge >= 0.3 is 6.03 Å². The first kappa shape index (κ1) is 22.8. The van der Waals surface area contributed by atoms with E-state index in [4.69, 9.17) is 0 Å². The molecule has 31 heavy (non-hydrogen) atoms. The van der Waals surface area contributed by atoms with Crippen LogP contribution in [-0.2, 0) is 16.4 Å². The second kappa shape index (κ2) is 10.4. The Morgan fingerprint density at radius 1 is 1.00 bits per heavy atom. The number of carbonyl (C=O) groups excluding carboxylic acids is 2. The SMILES string of the molecule is Cc1cccc(C(=O)NCCc2ccc(S(=O)(=O)NC(=O)NC3CCCCC3)cc2)c1. The van der Waals surface area contributed by atoms with E-state index in [0.29, 0.717) is 18.5 Å². The molecule has 0 saturated heterocycles. The molecule has 3 N–H and O–H groups in total. The van der Waals surface area contributed by atoms with E-state index in [9.17, 15) is 18.0 Å². The highest BCUT2D eigenvalue weighted by molar-refractivity contribution is 7.90. The van der Waals surface area contributed by atoms with Crippen LogP contribution in [0.25, 0.3) is 0 Å². The van der Waals surface area contributed by atoms with Gasteiger partial charge in [0.25, 0.3) is 15.9 Å². The van der Waals surface area contributed by atoms with E-state index in [1.807, 2.05) is 25.1 Å². The van der Waals surface area contributed by atoms with Crippen LogP contribution in [0.15, 0.2) is 53.4 Å². The number of hydrogen-bond donors (Lipinski definition) is 3. The quantitative estimate of drug-likeness (QED) is 0.611. The van der Waals surface area contributed by atoms with Gasteiger partial charge in [0, 0.05) is 18.2 Å². The van der Waals surface area contributed by atoms with Crippen LogP contribution in [0.4, 0.5) is 4.79 Å². The lowest BCUT2D eigenvalue weighted by molar-refractivity contribution is 0.0954. The molecule has 0 heterocycles. The standard InChI is InChI=1S/C23H29N3O4S/c1-17-6-5-7-19(16-17)22(27)24-15-14-18-10-12-21(13-11-18)31(29,30)26-23(28)25-20-8-3-2-4-9-20/h5-7,10-13,16,20H,2-4,8-9,14-15H2,1H3,(H,24,27)(H2,25,26,28). The molecular formula is C23H29N3O4S. The number of hydrogen-bond acceptors (Lipinski definition) is 4. The van der Waals surface area contributed by atoms with E-state index in [0.717, 1.165) is 43.2 Å². The van der Waals surface area contributed by atoms with Crippen LogP contribution >= 0.6 is 0 Å². The monoisotopic (exact) mass is 443 g/mol. The highest BCUT2D eigenvalue weighted by Gasteiger charge is 2.21. The smallest absolute Gasteiger partial charge is 0.328 e. The van der Waals surface area contributed by atoms with E-state index in [1.165, 1.54) is 12.1 Å². The summed E-state index contributed by atoms with van der Waals surface area (Å²) in [5.41, 5.74) is 2.51. The number of nitrogens with one attached hydrogen (secondary N) is 3. The summed E-state index contributed by atoms with van der Waals surface area (Å²) >= 11 is 0. The molecule has 2 aromatic carbocycles. The minimum absolute atomic E-state index is 0.0267. The van der Waals surface area contributed by atoms with Crippen LogP contribution in [0.1, 0.15) is 53.6 Å². The lowest BCUT2D eigenvalue weighted by atomic mass is 9.96. The third-order valence-electron chi connectivity index (χ3n) is 5.38. The lowest BCUT2D eigenvalue weighted by Crippen LogP contribution is -2.45. The molecule has 8 heteroatoms. The second-order valence-corrected chi connectivity index (χ2v) is 9.62. The topological polar surface area (TPSA) is 104 Å². The molecule has 0 unspecified atom stereocenters. The van der Waals surface area contributed by atoms with Gasteiger partial charge in [-0.3, -0.25) is 4.79 Å². The summed E-state index contributed by atoms with van der Waals surface area (Å²) < 4.78 is 27.0. The number of urea groups is 1. The minimum atomic E-state index is -3.93. The predicted molar refractivity (Wildman–Crippen MR) is 119 cm³/mol. The Bertz CT molecular complexity index is 1010. The molecule has 0 bridgehead atoms. The van der Waals surface area contributed by atoms with Crippen molar-refractivity contribution in [2.75, 3.05) is 6.54 Å². The summed E-state index contributed by atoms with van der Waals surface area (Å²) in [7, 11) is -3.93. The van der Waals surface area contributed by atoms with Crippen molar-refractivity contribution in [3.8, 4) is 0 Å². The first-order valence-corrected chi connectivity index (χ1v) is 12.1. The van der Waals surface area contributed by atoms with Crippen LogP contribution < -0.4 is 15.4 Å². The van der Waals surface area contributed by atoms with Gasteiger partial charge in [-0.15, -0.1) is 0 Å². The van der Waals surface area contributed by atoms with Crippen LogP contribution in [0.3, 0.4) is 0 Å². The van der Waals surface area contributed by atoms with Gasteiger partial charge in [-0.05, 0) is 56.0 Å². The van der Waals surface area contributed by atoms with Gasteiger partial charge in [0.1, 0.15) is 0 Å². The molecule has 1 aliphatic carbocycles. The molecular weight excluding hydrogens is 414 g/mol. The molecule has 0 aliphatic heterocycles. The largest absolute Gasteiger partial charge is 0.352 e. The summed E-state index contributed by atoms with van der Waals surface area (Å²) in [5, 5.41) is 5.60. The normalized spacial score (nSPS) is 14.6. The third-order valence-corrected chi connectivity index (χ3v) is 6.73. The van der Waals surface area contributed by atoms with Crippen LogP contribution in [0.5, 0.6) is 0 Å². The van der Waals surface area contributed by atoms with Crippen molar-refractivity contribution < 1.29 is 18.0 Å². The Hall–Kier alpha value is -2.87. The summed E-state index contributed by atoms with van der Waals surface area (Å²) in [6, 6.07) is 13.0. The summed E-state index contributed by atoms with van der Waals surface area (Å²) in [5.74, 6) is -0.143. The first-order chi connectivity index (χ1) is 14.8. The number of aryl methyl sites for hydroxylation is 1. The van der Waals surface area contributed by atoms with E-state index < -0.39 is 16.1 Å². The number of rotatable bonds is 7. The fraction of sp³-hybridized carbons (Fsp3) is 0.391. The van der Waals surface area contributed by atoms with Gasteiger partial charge in [0.15, 0.2) is 0 Å². The summed E-state index contributed by atoms with van der Waals surface area (Å²) in [6.07, 6.45) is 5.56. The van der Waals surface area contributed by atoms with E-state index in [-0.39, 0.29) is 16.8 Å². The van der Waals surface area contributed by atoms with Crippen molar-refractivity contribution in [3.05, 3.63) is 65.2 Å². The van der Waals surface area contributed by atoms with Gasteiger partial charge in [-0.2, -0.15) is 0 Å².